The summed E-state index contributed by atoms with van der Waals surface area (Å²) in [6.07, 6.45) is 0. The predicted molar refractivity (Wildman–Crippen MR) is 41.9 cm³/mol. The number of hydrogen-bond donors (Lipinski definition) is 1. The Hall–Kier alpha value is -0.160. The topological polar surface area (TPSA) is 41.7 Å². The zero-order chi connectivity index (χ0) is 7.68. The zero-order valence-corrected chi connectivity index (χ0v) is 6.70. The van der Waals surface area contributed by atoms with Crippen LogP contribution < -0.4 is 5.84 Å². The summed E-state index contributed by atoms with van der Waals surface area (Å²) >= 11 is 0. The fraction of sp³-hybridized carbons (Fsp3) is 1.00. The van der Waals surface area contributed by atoms with Crippen LogP contribution in [0.15, 0.2) is 0 Å². The molecule has 1 atom stereocenters. The molecule has 11 heavy (non-hydrogen) atoms. The zero-order valence-electron chi connectivity index (χ0n) is 6.70. The van der Waals surface area contributed by atoms with Crippen molar-refractivity contribution in [1.82, 2.24) is 9.91 Å². The van der Waals surface area contributed by atoms with Crippen molar-refractivity contribution in [3.63, 3.8) is 0 Å². The molecule has 2 N–H and O–H groups in total. The van der Waals surface area contributed by atoms with Crippen LogP contribution in [-0.2, 0) is 4.74 Å². The molecule has 0 bridgehead atoms. The van der Waals surface area contributed by atoms with E-state index >= 15 is 0 Å². The normalized spacial score (nSPS) is 35.2. The van der Waals surface area contributed by atoms with E-state index in [2.05, 4.69) is 4.90 Å². The SMILES string of the molecule is NN1CCN2CCOC[C@H]2C1. The number of piperazine rings is 1. The maximum atomic E-state index is 5.69. The molecule has 0 spiro atoms. The molecular formula is C7H15N3O. The quantitative estimate of drug-likeness (QED) is 0.452. The standard InChI is InChI=1S/C7H15N3O/c8-10-2-1-9-3-4-11-6-7(9)5-10/h7H,1-6,8H2/t7-/m1/s1. The van der Waals surface area contributed by atoms with Crippen molar-refractivity contribution < 1.29 is 4.74 Å². The molecule has 2 aliphatic rings. The lowest BCUT2D eigenvalue weighted by atomic mass is 10.2. The first-order valence-electron chi connectivity index (χ1n) is 4.18. The third-order valence-electron chi connectivity index (χ3n) is 2.47. The summed E-state index contributed by atoms with van der Waals surface area (Å²) in [7, 11) is 0. The van der Waals surface area contributed by atoms with E-state index in [1.165, 1.54) is 0 Å². The Kier molecular flexibility index (Phi) is 2.09. The fourth-order valence-corrected chi connectivity index (χ4v) is 1.77. The summed E-state index contributed by atoms with van der Waals surface area (Å²) in [6, 6.07) is 0.544. The van der Waals surface area contributed by atoms with Crippen LogP contribution in [0, 0.1) is 0 Å². The molecule has 0 aromatic rings. The van der Waals surface area contributed by atoms with Gasteiger partial charge < -0.3 is 4.74 Å². The highest BCUT2D eigenvalue weighted by molar-refractivity contribution is 4.81. The summed E-state index contributed by atoms with van der Waals surface area (Å²) < 4.78 is 5.36. The van der Waals surface area contributed by atoms with Gasteiger partial charge in [-0.3, -0.25) is 10.7 Å². The van der Waals surface area contributed by atoms with Gasteiger partial charge in [0.05, 0.1) is 13.2 Å². The predicted octanol–water partition coefficient (Wildman–Crippen LogP) is -1.12. The average Bonchev–Trinajstić information content (AvgIpc) is 2.04. The molecule has 0 amide bonds. The largest absolute Gasteiger partial charge is 0.378 e. The molecule has 2 aliphatic heterocycles. The van der Waals surface area contributed by atoms with Gasteiger partial charge in [0.2, 0.25) is 0 Å². The molecule has 4 nitrogen and oxygen atoms in total. The van der Waals surface area contributed by atoms with Crippen molar-refractivity contribution in [2.24, 2.45) is 5.84 Å². The van der Waals surface area contributed by atoms with E-state index in [1.54, 1.807) is 0 Å². The van der Waals surface area contributed by atoms with Crippen molar-refractivity contribution in [2.75, 3.05) is 39.4 Å². The molecule has 2 saturated heterocycles. The van der Waals surface area contributed by atoms with E-state index in [1.807, 2.05) is 5.01 Å². The third kappa shape index (κ3) is 1.54. The van der Waals surface area contributed by atoms with Gasteiger partial charge in [-0.1, -0.05) is 0 Å². The smallest absolute Gasteiger partial charge is 0.0635 e. The van der Waals surface area contributed by atoms with Crippen molar-refractivity contribution in [1.29, 1.82) is 0 Å². The van der Waals surface area contributed by atoms with E-state index in [4.69, 9.17) is 10.6 Å². The van der Waals surface area contributed by atoms with Crippen LogP contribution in [0.2, 0.25) is 0 Å². The van der Waals surface area contributed by atoms with Crippen LogP contribution in [0.25, 0.3) is 0 Å². The molecule has 0 aromatic heterocycles. The summed E-state index contributed by atoms with van der Waals surface area (Å²) in [6.45, 7) is 5.88. The number of nitrogens with two attached hydrogens (primary N) is 1. The number of morpholine rings is 1. The molecule has 2 heterocycles. The van der Waals surface area contributed by atoms with E-state index < -0.39 is 0 Å². The first kappa shape index (κ1) is 7.49. The number of ether oxygens (including phenoxy) is 1. The Bertz CT molecular complexity index is 142. The minimum Gasteiger partial charge on any atom is -0.378 e. The van der Waals surface area contributed by atoms with Crippen LogP contribution >= 0.6 is 0 Å². The second-order valence-corrected chi connectivity index (χ2v) is 3.26. The lowest BCUT2D eigenvalue weighted by molar-refractivity contribution is -0.0448. The van der Waals surface area contributed by atoms with Crippen molar-refractivity contribution >= 4 is 0 Å². The van der Waals surface area contributed by atoms with E-state index in [0.717, 1.165) is 39.4 Å². The van der Waals surface area contributed by atoms with Gasteiger partial charge in [-0.15, -0.1) is 0 Å². The highest BCUT2D eigenvalue weighted by atomic mass is 16.5. The lowest BCUT2D eigenvalue weighted by Crippen LogP contribution is -2.59. The summed E-state index contributed by atoms with van der Waals surface area (Å²) in [5.41, 5.74) is 0. The molecule has 4 heteroatoms. The Balaban J connectivity index is 1.93. The van der Waals surface area contributed by atoms with Gasteiger partial charge in [0.25, 0.3) is 0 Å². The number of rotatable bonds is 0. The molecule has 2 rings (SSSR count). The molecule has 0 aromatic carbocycles. The average molecular weight is 157 g/mol. The van der Waals surface area contributed by atoms with Crippen molar-refractivity contribution in [3.05, 3.63) is 0 Å². The first-order chi connectivity index (χ1) is 5.36. The minimum atomic E-state index is 0.544. The Morgan fingerprint density at radius 3 is 3.09 bits per heavy atom. The highest BCUT2D eigenvalue weighted by Gasteiger charge is 2.27. The second kappa shape index (κ2) is 3.06. The van der Waals surface area contributed by atoms with Gasteiger partial charge in [-0.25, -0.2) is 5.01 Å². The maximum absolute atomic E-state index is 5.69. The monoisotopic (exact) mass is 157 g/mol. The van der Waals surface area contributed by atoms with Crippen molar-refractivity contribution in [2.45, 2.75) is 6.04 Å². The fourth-order valence-electron chi connectivity index (χ4n) is 1.77. The van der Waals surface area contributed by atoms with E-state index in [-0.39, 0.29) is 0 Å². The maximum Gasteiger partial charge on any atom is 0.0635 e. The second-order valence-electron chi connectivity index (χ2n) is 3.26. The van der Waals surface area contributed by atoms with Gasteiger partial charge in [-0.2, -0.15) is 0 Å². The Morgan fingerprint density at radius 2 is 2.18 bits per heavy atom. The number of nitrogens with zero attached hydrogens (tertiary/aromatic N) is 2. The van der Waals surface area contributed by atoms with Crippen LogP contribution in [0.1, 0.15) is 0 Å². The molecule has 0 aliphatic carbocycles. The van der Waals surface area contributed by atoms with Gasteiger partial charge >= 0.3 is 0 Å². The molecule has 64 valence electrons. The van der Waals surface area contributed by atoms with Crippen LogP contribution in [-0.4, -0.2) is 55.3 Å². The Labute approximate surface area is 66.9 Å². The van der Waals surface area contributed by atoms with Crippen LogP contribution in [0.5, 0.6) is 0 Å². The summed E-state index contributed by atoms with van der Waals surface area (Å²) in [5.74, 6) is 5.69. The van der Waals surface area contributed by atoms with Gasteiger partial charge in [0, 0.05) is 32.2 Å². The van der Waals surface area contributed by atoms with Gasteiger partial charge in [-0.05, 0) is 0 Å². The van der Waals surface area contributed by atoms with Gasteiger partial charge in [0.15, 0.2) is 0 Å². The summed E-state index contributed by atoms with van der Waals surface area (Å²) in [4.78, 5) is 2.47. The molecule has 0 unspecified atom stereocenters. The number of hydrazine groups is 1. The summed E-state index contributed by atoms with van der Waals surface area (Å²) in [5, 5.41) is 1.88. The molecular weight excluding hydrogens is 142 g/mol. The lowest BCUT2D eigenvalue weighted by Gasteiger charge is -2.42. The third-order valence-corrected chi connectivity index (χ3v) is 2.47. The van der Waals surface area contributed by atoms with E-state index in [9.17, 15) is 0 Å². The Morgan fingerprint density at radius 1 is 1.27 bits per heavy atom. The van der Waals surface area contributed by atoms with Crippen LogP contribution in [0.3, 0.4) is 0 Å². The minimum absolute atomic E-state index is 0.544. The number of hydrogen-bond acceptors (Lipinski definition) is 4. The molecule has 0 saturated carbocycles. The highest BCUT2D eigenvalue weighted by Crippen LogP contribution is 2.10. The number of fused-ring (bicyclic) bond motifs is 1. The first-order valence-corrected chi connectivity index (χ1v) is 4.18. The molecule has 0 radical (unpaired) electrons. The van der Waals surface area contributed by atoms with Crippen molar-refractivity contribution in [3.8, 4) is 0 Å². The molecule has 2 fully saturated rings. The van der Waals surface area contributed by atoms with Gasteiger partial charge in [0.1, 0.15) is 0 Å². The van der Waals surface area contributed by atoms with Crippen LogP contribution in [0.4, 0.5) is 0 Å². The van der Waals surface area contributed by atoms with E-state index in [0.29, 0.717) is 6.04 Å².